The van der Waals surface area contributed by atoms with Gasteiger partial charge in [-0.25, -0.2) is 4.79 Å². The van der Waals surface area contributed by atoms with E-state index in [1.807, 2.05) is 0 Å². The number of hydrogen-bond donors (Lipinski definition) is 1. The number of nitrogens with one attached hydrogen (secondary N) is 1. The second-order valence-corrected chi connectivity index (χ2v) is 2.31. The largest absolute Gasteiger partial charge is 0.464 e. The molecule has 0 aromatic carbocycles. The first-order chi connectivity index (χ1) is 6.65. The maximum Gasteiger partial charge on any atom is 0.343 e. The highest BCUT2D eigenvalue weighted by atomic mass is 16.5. The van der Waals surface area contributed by atoms with Crippen LogP contribution in [0.5, 0.6) is 0 Å². The number of hydrogen-bond acceptors (Lipinski definition) is 5. The minimum absolute atomic E-state index is 0.164. The lowest BCUT2D eigenvalue weighted by molar-refractivity contribution is -0.146. The number of amides is 1. The fourth-order valence-corrected chi connectivity index (χ4v) is 0.703. The molecule has 14 heavy (non-hydrogen) atoms. The van der Waals surface area contributed by atoms with Crippen molar-refractivity contribution in [2.45, 2.75) is 13.0 Å². The number of methoxy groups -OCH3 is 1. The topological polar surface area (TPSA) is 88.4 Å². The Morgan fingerprint density at radius 3 is 2.64 bits per heavy atom. The Hall–Kier alpha value is -1.61. The SMILES string of the molecule is CCOC(=O)[C@H](C#N)NC(=O)COC. The van der Waals surface area contributed by atoms with Gasteiger partial charge in [-0.2, -0.15) is 5.26 Å². The van der Waals surface area contributed by atoms with Gasteiger partial charge in [0.1, 0.15) is 6.61 Å². The van der Waals surface area contributed by atoms with E-state index in [0.717, 1.165) is 0 Å². The average Bonchev–Trinajstić information content (AvgIpc) is 2.15. The summed E-state index contributed by atoms with van der Waals surface area (Å²) in [4.78, 5) is 21.9. The molecular weight excluding hydrogens is 188 g/mol. The zero-order valence-electron chi connectivity index (χ0n) is 8.07. The highest BCUT2D eigenvalue weighted by molar-refractivity contribution is 5.87. The highest BCUT2D eigenvalue weighted by Gasteiger charge is 2.20. The van der Waals surface area contributed by atoms with E-state index in [4.69, 9.17) is 5.26 Å². The third-order valence-corrected chi connectivity index (χ3v) is 1.23. The van der Waals surface area contributed by atoms with Crippen molar-refractivity contribution < 1.29 is 19.1 Å². The minimum Gasteiger partial charge on any atom is -0.464 e. The number of nitriles is 1. The van der Waals surface area contributed by atoms with Gasteiger partial charge in [0.15, 0.2) is 0 Å². The molecule has 78 valence electrons. The van der Waals surface area contributed by atoms with Crippen LogP contribution < -0.4 is 5.32 Å². The van der Waals surface area contributed by atoms with Gasteiger partial charge in [0.05, 0.1) is 12.7 Å². The van der Waals surface area contributed by atoms with Crippen molar-refractivity contribution in [3.63, 3.8) is 0 Å². The fraction of sp³-hybridized carbons (Fsp3) is 0.625. The summed E-state index contributed by atoms with van der Waals surface area (Å²) in [5.41, 5.74) is 0. The molecule has 0 radical (unpaired) electrons. The maximum atomic E-state index is 11.0. The second-order valence-electron chi connectivity index (χ2n) is 2.31. The van der Waals surface area contributed by atoms with Gasteiger partial charge >= 0.3 is 5.97 Å². The number of carbonyl (C=O) groups is 2. The summed E-state index contributed by atoms with van der Waals surface area (Å²) >= 11 is 0. The van der Waals surface area contributed by atoms with E-state index in [1.54, 1.807) is 13.0 Å². The maximum absolute atomic E-state index is 11.0. The molecule has 0 aromatic rings. The quantitative estimate of drug-likeness (QED) is 0.587. The molecule has 0 saturated heterocycles. The lowest BCUT2D eigenvalue weighted by Gasteiger charge is -2.09. The molecule has 0 saturated carbocycles. The van der Waals surface area contributed by atoms with Crippen LogP contribution in [0.25, 0.3) is 0 Å². The first-order valence-electron chi connectivity index (χ1n) is 4.00. The Kier molecular flexibility index (Phi) is 6.07. The normalized spacial score (nSPS) is 11.2. The number of nitrogens with zero attached hydrogens (tertiary/aromatic N) is 1. The first kappa shape index (κ1) is 12.4. The van der Waals surface area contributed by atoms with Crippen molar-refractivity contribution in [2.75, 3.05) is 20.3 Å². The molecule has 0 heterocycles. The van der Waals surface area contributed by atoms with Crippen molar-refractivity contribution in [3.8, 4) is 6.07 Å². The van der Waals surface area contributed by atoms with E-state index in [1.165, 1.54) is 7.11 Å². The van der Waals surface area contributed by atoms with Crippen molar-refractivity contribution in [2.24, 2.45) is 0 Å². The first-order valence-corrected chi connectivity index (χ1v) is 4.00. The lowest BCUT2D eigenvalue weighted by atomic mass is 10.3. The predicted octanol–water partition coefficient (Wildman–Crippen LogP) is -0.796. The van der Waals surface area contributed by atoms with Crippen LogP contribution in [0.3, 0.4) is 0 Å². The summed E-state index contributed by atoms with van der Waals surface area (Å²) in [6, 6.07) is 0.348. The summed E-state index contributed by atoms with van der Waals surface area (Å²) in [6.07, 6.45) is 0. The van der Waals surface area contributed by atoms with Gasteiger partial charge in [-0.1, -0.05) is 0 Å². The Bertz CT molecular complexity index is 246. The zero-order chi connectivity index (χ0) is 11.0. The predicted molar refractivity (Wildman–Crippen MR) is 46.1 cm³/mol. The van der Waals surface area contributed by atoms with Crippen molar-refractivity contribution >= 4 is 11.9 Å². The lowest BCUT2D eigenvalue weighted by Crippen LogP contribution is -2.42. The van der Waals surface area contributed by atoms with Crippen LogP contribution in [0.4, 0.5) is 0 Å². The summed E-state index contributed by atoms with van der Waals surface area (Å²) in [7, 11) is 1.34. The van der Waals surface area contributed by atoms with Gasteiger partial charge in [-0.3, -0.25) is 4.79 Å². The van der Waals surface area contributed by atoms with E-state index in [-0.39, 0.29) is 13.2 Å². The molecule has 6 heteroatoms. The minimum atomic E-state index is -1.27. The van der Waals surface area contributed by atoms with Crippen LogP contribution in [0.2, 0.25) is 0 Å². The van der Waals surface area contributed by atoms with Crippen molar-refractivity contribution in [1.82, 2.24) is 5.32 Å². The average molecular weight is 200 g/mol. The van der Waals surface area contributed by atoms with Gasteiger partial charge in [0, 0.05) is 7.11 Å². The summed E-state index contributed by atoms with van der Waals surface area (Å²) in [5.74, 6) is -1.30. The molecule has 0 bridgehead atoms. The van der Waals surface area contributed by atoms with Gasteiger partial charge < -0.3 is 14.8 Å². The smallest absolute Gasteiger partial charge is 0.343 e. The van der Waals surface area contributed by atoms with Gasteiger partial charge in [-0.05, 0) is 6.92 Å². The molecule has 0 aliphatic carbocycles. The van der Waals surface area contributed by atoms with Crippen LogP contribution in [0, 0.1) is 11.3 Å². The van der Waals surface area contributed by atoms with Crippen molar-refractivity contribution in [1.29, 1.82) is 5.26 Å². The Morgan fingerprint density at radius 1 is 1.57 bits per heavy atom. The van der Waals surface area contributed by atoms with Crippen LogP contribution in [-0.2, 0) is 19.1 Å². The third kappa shape index (κ3) is 4.42. The molecule has 0 aromatic heterocycles. The highest BCUT2D eigenvalue weighted by Crippen LogP contribution is 1.88. The molecule has 1 atom stereocenters. The monoisotopic (exact) mass is 200 g/mol. The van der Waals surface area contributed by atoms with Gasteiger partial charge in [0.25, 0.3) is 0 Å². The summed E-state index contributed by atoms with van der Waals surface area (Å²) in [5, 5.41) is 10.7. The standard InChI is InChI=1S/C8H12N2O4/c1-3-14-8(12)6(4-9)10-7(11)5-13-2/h6H,3,5H2,1-2H3,(H,10,11)/t6-/m0/s1. The molecule has 6 nitrogen and oxygen atoms in total. The Labute approximate surface area is 81.8 Å². The summed E-state index contributed by atoms with van der Waals surface area (Å²) in [6.45, 7) is 1.58. The van der Waals surface area contributed by atoms with E-state index in [9.17, 15) is 9.59 Å². The molecule has 1 amide bonds. The van der Waals surface area contributed by atoms with Crippen molar-refractivity contribution in [3.05, 3.63) is 0 Å². The molecule has 0 rings (SSSR count). The molecule has 0 unspecified atom stereocenters. The number of carbonyl (C=O) groups excluding carboxylic acids is 2. The van der Waals surface area contributed by atoms with E-state index >= 15 is 0 Å². The van der Waals surface area contributed by atoms with E-state index < -0.39 is 17.9 Å². The van der Waals surface area contributed by atoms with Crippen LogP contribution in [-0.4, -0.2) is 38.2 Å². The summed E-state index contributed by atoms with van der Waals surface area (Å²) < 4.78 is 9.07. The fourth-order valence-electron chi connectivity index (χ4n) is 0.703. The number of ether oxygens (including phenoxy) is 2. The van der Waals surface area contributed by atoms with Crippen LogP contribution in [0.1, 0.15) is 6.92 Å². The van der Waals surface area contributed by atoms with Gasteiger partial charge in [0.2, 0.25) is 11.9 Å². The molecule has 1 N–H and O–H groups in total. The Morgan fingerprint density at radius 2 is 2.21 bits per heavy atom. The number of esters is 1. The van der Waals surface area contributed by atoms with Crippen LogP contribution in [0.15, 0.2) is 0 Å². The molecule has 0 fully saturated rings. The second kappa shape index (κ2) is 6.86. The van der Waals surface area contributed by atoms with E-state index in [2.05, 4.69) is 14.8 Å². The molecule has 0 spiro atoms. The zero-order valence-corrected chi connectivity index (χ0v) is 8.07. The van der Waals surface area contributed by atoms with E-state index in [0.29, 0.717) is 0 Å². The molecule has 0 aliphatic rings. The Balaban J connectivity index is 4.10. The third-order valence-electron chi connectivity index (χ3n) is 1.23. The molecular formula is C8H12N2O4. The number of rotatable bonds is 5. The molecule has 0 aliphatic heterocycles. The van der Waals surface area contributed by atoms with Gasteiger partial charge in [-0.15, -0.1) is 0 Å². The van der Waals surface area contributed by atoms with Crippen LogP contribution >= 0.6 is 0 Å².